The topological polar surface area (TPSA) is 66.0 Å². The minimum absolute atomic E-state index is 0.0343. The lowest BCUT2D eigenvalue weighted by atomic mass is 10.00. The van der Waals surface area contributed by atoms with Crippen molar-refractivity contribution in [2.45, 2.75) is 58.7 Å². The SMILES string of the molecule is Cc1cccc(Cl)c1N1Cc2cnccc2N(C2CCN(C(=O)OC(C)(C)C)CC2)C1=O. The number of urea groups is 1. The number of anilines is 2. The lowest BCUT2D eigenvalue weighted by Gasteiger charge is -2.44. The van der Waals surface area contributed by atoms with Gasteiger partial charge in [-0.15, -0.1) is 0 Å². The van der Waals surface area contributed by atoms with Crippen LogP contribution in [0.5, 0.6) is 0 Å². The Morgan fingerprint density at radius 2 is 1.91 bits per heavy atom. The summed E-state index contributed by atoms with van der Waals surface area (Å²) in [5.74, 6) is 0. The summed E-state index contributed by atoms with van der Waals surface area (Å²) in [6.45, 7) is 9.03. The monoisotopic (exact) mass is 456 g/mol. The molecule has 0 bridgehead atoms. The van der Waals surface area contributed by atoms with Gasteiger partial charge in [0.2, 0.25) is 0 Å². The van der Waals surface area contributed by atoms with Gasteiger partial charge in [0.15, 0.2) is 0 Å². The van der Waals surface area contributed by atoms with E-state index in [1.165, 1.54) is 0 Å². The third kappa shape index (κ3) is 4.39. The first-order chi connectivity index (χ1) is 15.2. The van der Waals surface area contributed by atoms with E-state index in [-0.39, 0.29) is 18.2 Å². The van der Waals surface area contributed by atoms with Crippen LogP contribution in [0.2, 0.25) is 5.02 Å². The number of benzene rings is 1. The quantitative estimate of drug-likeness (QED) is 0.607. The Balaban J connectivity index is 1.59. The summed E-state index contributed by atoms with van der Waals surface area (Å²) < 4.78 is 5.51. The molecule has 170 valence electrons. The van der Waals surface area contributed by atoms with Gasteiger partial charge >= 0.3 is 12.1 Å². The van der Waals surface area contributed by atoms with Gasteiger partial charge in [0.05, 0.1) is 22.9 Å². The molecule has 7 nitrogen and oxygen atoms in total. The molecule has 1 aromatic carbocycles. The molecule has 2 aliphatic rings. The van der Waals surface area contributed by atoms with Gasteiger partial charge in [-0.25, -0.2) is 9.59 Å². The van der Waals surface area contributed by atoms with Crippen LogP contribution in [-0.4, -0.2) is 46.7 Å². The lowest BCUT2D eigenvalue weighted by molar-refractivity contribution is 0.0206. The zero-order valence-electron chi connectivity index (χ0n) is 19.0. The number of aromatic nitrogens is 1. The van der Waals surface area contributed by atoms with Crippen LogP contribution in [0.1, 0.15) is 44.7 Å². The third-order valence-electron chi connectivity index (χ3n) is 5.84. The molecule has 2 aromatic rings. The maximum absolute atomic E-state index is 13.8. The average molecular weight is 457 g/mol. The van der Waals surface area contributed by atoms with E-state index in [4.69, 9.17) is 16.3 Å². The third-order valence-corrected chi connectivity index (χ3v) is 6.15. The summed E-state index contributed by atoms with van der Waals surface area (Å²) in [5.41, 5.74) is 2.99. The maximum Gasteiger partial charge on any atom is 0.410 e. The number of hydrogen-bond acceptors (Lipinski definition) is 4. The summed E-state index contributed by atoms with van der Waals surface area (Å²) in [4.78, 5) is 35.8. The highest BCUT2D eigenvalue weighted by Crippen LogP contribution is 2.38. The van der Waals surface area contributed by atoms with Crippen LogP contribution in [0.15, 0.2) is 36.7 Å². The first-order valence-corrected chi connectivity index (χ1v) is 11.3. The van der Waals surface area contributed by atoms with Crippen molar-refractivity contribution in [1.29, 1.82) is 0 Å². The molecule has 0 radical (unpaired) electrons. The van der Waals surface area contributed by atoms with Gasteiger partial charge in [0.1, 0.15) is 5.60 Å². The van der Waals surface area contributed by atoms with Crippen molar-refractivity contribution < 1.29 is 14.3 Å². The first-order valence-electron chi connectivity index (χ1n) is 10.9. The summed E-state index contributed by atoms with van der Waals surface area (Å²) in [6.07, 6.45) is 4.55. The Morgan fingerprint density at radius 1 is 1.19 bits per heavy atom. The van der Waals surface area contributed by atoms with Crippen LogP contribution >= 0.6 is 11.6 Å². The minimum atomic E-state index is -0.532. The highest BCUT2D eigenvalue weighted by Gasteiger charge is 2.39. The van der Waals surface area contributed by atoms with E-state index in [1.54, 1.807) is 22.1 Å². The normalized spacial score (nSPS) is 17.4. The molecule has 1 aromatic heterocycles. The smallest absolute Gasteiger partial charge is 0.410 e. The van der Waals surface area contributed by atoms with Gasteiger partial charge in [0, 0.05) is 37.1 Å². The first kappa shape index (κ1) is 22.4. The molecule has 3 heterocycles. The minimum Gasteiger partial charge on any atom is -0.444 e. The van der Waals surface area contributed by atoms with Crippen molar-refractivity contribution in [2.75, 3.05) is 22.9 Å². The molecule has 8 heteroatoms. The number of carbonyl (C=O) groups is 2. The van der Waals surface area contributed by atoms with E-state index in [9.17, 15) is 9.59 Å². The molecule has 32 heavy (non-hydrogen) atoms. The number of rotatable bonds is 2. The van der Waals surface area contributed by atoms with Crippen molar-refractivity contribution in [3.63, 3.8) is 0 Å². The van der Waals surface area contributed by atoms with Gasteiger partial charge < -0.3 is 9.64 Å². The van der Waals surface area contributed by atoms with Crippen molar-refractivity contribution in [3.05, 3.63) is 52.8 Å². The number of amides is 3. The molecule has 0 spiro atoms. The van der Waals surface area contributed by atoms with Crippen LogP contribution < -0.4 is 9.80 Å². The predicted molar refractivity (Wildman–Crippen MR) is 125 cm³/mol. The van der Waals surface area contributed by atoms with E-state index >= 15 is 0 Å². The Morgan fingerprint density at radius 3 is 2.56 bits per heavy atom. The van der Waals surface area contributed by atoms with E-state index in [0.29, 0.717) is 37.5 Å². The second-order valence-electron chi connectivity index (χ2n) is 9.35. The summed E-state index contributed by atoms with van der Waals surface area (Å²) in [7, 11) is 0. The van der Waals surface area contributed by atoms with Crippen LogP contribution in [-0.2, 0) is 11.3 Å². The second kappa shape index (κ2) is 8.62. The number of fused-ring (bicyclic) bond motifs is 1. The molecular formula is C24H29ClN4O3. The van der Waals surface area contributed by atoms with E-state index < -0.39 is 5.60 Å². The number of para-hydroxylation sites is 1. The highest BCUT2D eigenvalue weighted by molar-refractivity contribution is 6.34. The Labute approximate surface area is 193 Å². The molecule has 0 N–H and O–H groups in total. The Kier molecular flexibility index (Phi) is 6.03. The molecule has 0 saturated carbocycles. The fourth-order valence-corrected chi connectivity index (χ4v) is 4.70. The van der Waals surface area contributed by atoms with Crippen molar-refractivity contribution in [2.24, 2.45) is 0 Å². The van der Waals surface area contributed by atoms with Crippen LogP contribution in [0.4, 0.5) is 21.0 Å². The van der Waals surface area contributed by atoms with Crippen LogP contribution in [0.25, 0.3) is 0 Å². The van der Waals surface area contributed by atoms with Gasteiger partial charge in [0.25, 0.3) is 0 Å². The number of aryl methyl sites for hydroxylation is 1. The Hall–Kier alpha value is -2.80. The molecule has 3 amide bonds. The molecule has 4 rings (SSSR count). The molecular weight excluding hydrogens is 428 g/mol. The van der Waals surface area contributed by atoms with E-state index in [0.717, 1.165) is 22.5 Å². The maximum atomic E-state index is 13.8. The lowest BCUT2D eigenvalue weighted by Crippen LogP contribution is -2.55. The number of carbonyl (C=O) groups excluding carboxylic acids is 2. The molecule has 0 atom stereocenters. The molecule has 1 fully saturated rings. The number of ether oxygens (including phenoxy) is 1. The molecule has 1 saturated heterocycles. The van der Waals surface area contributed by atoms with Crippen molar-refractivity contribution >= 4 is 35.1 Å². The number of hydrogen-bond donors (Lipinski definition) is 0. The van der Waals surface area contributed by atoms with Gasteiger partial charge in [-0.05, 0) is 58.2 Å². The molecule has 0 unspecified atom stereocenters. The zero-order valence-corrected chi connectivity index (χ0v) is 19.7. The number of pyridine rings is 1. The number of likely N-dealkylation sites (tertiary alicyclic amines) is 1. The predicted octanol–water partition coefficient (Wildman–Crippen LogP) is 5.39. The standard InChI is InChI=1S/C24H29ClN4O3/c1-16-6-5-7-19(25)21(16)28-15-17-14-26-11-8-20(17)29(22(28)30)18-9-12-27(13-10-18)23(31)32-24(2,3)4/h5-8,11,14,18H,9-10,12-13,15H2,1-4H3. The van der Waals surface area contributed by atoms with Crippen LogP contribution in [0, 0.1) is 6.92 Å². The average Bonchev–Trinajstić information content (AvgIpc) is 2.73. The second-order valence-corrected chi connectivity index (χ2v) is 9.75. The molecule has 2 aliphatic heterocycles. The van der Waals surface area contributed by atoms with Gasteiger partial charge in [-0.3, -0.25) is 14.8 Å². The van der Waals surface area contributed by atoms with E-state index in [1.807, 2.05) is 57.0 Å². The van der Waals surface area contributed by atoms with Gasteiger partial charge in [-0.2, -0.15) is 0 Å². The number of piperidine rings is 1. The van der Waals surface area contributed by atoms with Crippen molar-refractivity contribution in [1.82, 2.24) is 9.88 Å². The summed E-state index contributed by atoms with van der Waals surface area (Å²) in [5, 5.41) is 0.547. The highest BCUT2D eigenvalue weighted by atomic mass is 35.5. The fourth-order valence-electron chi connectivity index (χ4n) is 4.37. The Bertz CT molecular complexity index is 1010. The van der Waals surface area contributed by atoms with Crippen molar-refractivity contribution in [3.8, 4) is 0 Å². The summed E-state index contributed by atoms with van der Waals surface area (Å²) >= 11 is 6.51. The largest absolute Gasteiger partial charge is 0.444 e. The zero-order chi connectivity index (χ0) is 23.0. The van der Waals surface area contributed by atoms with Gasteiger partial charge in [-0.1, -0.05) is 23.7 Å². The summed E-state index contributed by atoms with van der Waals surface area (Å²) in [6, 6.07) is 7.40. The van der Waals surface area contributed by atoms with Crippen LogP contribution in [0.3, 0.4) is 0 Å². The number of halogens is 1. The number of nitrogens with zero attached hydrogens (tertiary/aromatic N) is 4. The van der Waals surface area contributed by atoms with E-state index in [2.05, 4.69) is 4.98 Å². The molecule has 0 aliphatic carbocycles. The fraction of sp³-hybridized carbons (Fsp3) is 0.458.